The predicted molar refractivity (Wildman–Crippen MR) is 105 cm³/mol. The Hall–Kier alpha value is -1.61. The van der Waals surface area contributed by atoms with Crippen LogP contribution in [0, 0.1) is 5.82 Å². The third-order valence-electron chi connectivity index (χ3n) is 3.31. The van der Waals surface area contributed by atoms with Gasteiger partial charge in [0.15, 0.2) is 5.69 Å². The number of benzene rings is 1. The zero-order valence-corrected chi connectivity index (χ0v) is 17.9. The van der Waals surface area contributed by atoms with Gasteiger partial charge in [-0.2, -0.15) is 0 Å². The number of sulfonamides is 1. The molecule has 0 radical (unpaired) electrons. The monoisotopic (exact) mass is 433 g/mol. The van der Waals surface area contributed by atoms with E-state index in [-0.39, 0.29) is 36.4 Å². The van der Waals surface area contributed by atoms with Crippen LogP contribution in [0.5, 0.6) is 0 Å². The summed E-state index contributed by atoms with van der Waals surface area (Å²) in [5.74, 6) is -1.42. The van der Waals surface area contributed by atoms with E-state index in [2.05, 4.69) is 4.98 Å². The second kappa shape index (κ2) is 8.18. The van der Waals surface area contributed by atoms with Gasteiger partial charge in [-0.05, 0) is 48.3 Å². The molecule has 1 heterocycles. The number of rotatable bonds is 6. The average Bonchev–Trinajstić information content (AvgIpc) is 3.03. The number of carbonyl (C=O) groups is 1. The molecule has 0 fully saturated rings. The Morgan fingerprint density at radius 1 is 1.41 bits per heavy atom. The van der Waals surface area contributed by atoms with Crippen LogP contribution >= 0.6 is 20.1 Å². The number of esters is 1. The normalized spacial score (nSPS) is 12.5. The Morgan fingerprint density at radius 2 is 2.07 bits per heavy atom. The van der Waals surface area contributed by atoms with Crippen LogP contribution in [0.25, 0.3) is 0 Å². The fraction of sp³-hybridized carbons (Fsp3) is 0.375. The molecule has 27 heavy (non-hydrogen) atoms. The van der Waals surface area contributed by atoms with Crippen LogP contribution < -0.4 is 9.81 Å². The second-order valence-corrected chi connectivity index (χ2v) is 10.3. The molecule has 1 aromatic heterocycles. The third kappa shape index (κ3) is 4.82. The zero-order chi connectivity index (χ0) is 20.4. The summed E-state index contributed by atoms with van der Waals surface area (Å²) < 4.78 is 46.5. The first kappa shape index (κ1) is 21.7. The quantitative estimate of drug-likeness (QED) is 0.555. The van der Waals surface area contributed by atoms with Gasteiger partial charge in [-0.15, -0.1) is 11.3 Å². The maximum Gasteiger partial charge on any atom is 0.360 e. The van der Waals surface area contributed by atoms with Gasteiger partial charge in [-0.3, -0.25) is 0 Å². The SMILES string of the molecule is CPN(c1scnc1C(=O)OC(C)(C)C)S(=O)(=O)c1ccc(CN)c(F)c1. The Balaban J connectivity index is 2.47. The molecule has 1 atom stereocenters. The molecule has 1 aromatic carbocycles. The molecule has 1 unspecified atom stereocenters. The van der Waals surface area contributed by atoms with Gasteiger partial charge in [0.2, 0.25) is 0 Å². The van der Waals surface area contributed by atoms with Gasteiger partial charge in [0.05, 0.1) is 10.4 Å². The number of hydrogen-bond donors (Lipinski definition) is 1. The highest BCUT2D eigenvalue weighted by Crippen LogP contribution is 2.38. The van der Waals surface area contributed by atoms with Crippen LogP contribution in [0.15, 0.2) is 28.6 Å². The summed E-state index contributed by atoms with van der Waals surface area (Å²) in [6.07, 6.45) is 0. The highest BCUT2D eigenvalue weighted by molar-refractivity contribution is 7.98. The van der Waals surface area contributed by atoms with Crippen molar-refractivity contribution >= 4 is 41.1 Å². The Morgan fingerprint density at radius 3 is 2.59 bits per heavy atom. The highest BCUT2D eigenvalue weighted by atomic mass is 32.2. The molecule has 0 saturated carbocycles. The fourth-order valence-corrected chi connectivity index (χ4v) is 6.19. The van der Waals surface area contributed by atoms with E-state index in [4.69, 9.17) is 10.5 Å². The van der Waals surface area contributed by atoms with Gasteiger partial charge < -0.3 is 10.5 Å². The van der Waals surface area contributed by atoms with Gasteiger partial charge in [0, 0.05) is 12.1 Å². The van der Waals surface area contributed by atoms with Gasteiger partial charge >= 0.3 is 5.97 Å². The van der Waals surface area contributed by atoms with Crippen LogP contribution in [0.4, 0.5) is 9.39 Å². The lowest BCUT2D eigenvalue weighted by Crippen LogP contribution is -2.27. The molecule has 0 aliphatic heterocycles. The summed E-state index contributed by atoms with van der Waals surface area (Å²) in [5, 5.41) is 0.133. The second-order valence-electron chi connectivity index (χ2n) is 6.46. The Kier molecular flexibility index (Phi) is 6.57. The largest absolute Gasteiger partial charge is 0.455 e. The minimum absolute atomic E-state index is 0.0387. The number of nitrogens with zero attached hydrogens (tertiary/aromatic N) is 2. The van der Waals surface area contributed by atoms with E-state index in [0.29, 0.717) is 0 Å². The average molecular weight is 433 g/mol. The van der Waals surface area contributed by atoms with E-state index < -0.39 is 27.4 Å². The number of aromatic nitrogens is 1. The molecule has 11 heteroatoms. The minimum atomic E-state index is -4.09. The number of anilines is 1. The first-order valence-corrected chi connectivity index (χ1v) is 11.7. The summed E-state index contributed by atoms with van der Waals surface area (Å²) in [5.41, 5.74) is 6.16. The number of halogens is 1. The predicted octanol–water partition coefficient (Wildman–Crippen LogP) is 3.11. The van der Waals surface area contributed by atoms with Crippen LogP contribution in [0.3, 0.4) is 0 Å². The van der Waals surface area contributed by atoms with Crippen LogP contribution in [0.1, 0.15) is 36.8 Å². The molecule has 0 amide bonds. The van der Waals surface area contributed by atoms with Crippen molar-refractivity contribution in [1.82, 2.24) is 4.98 Å². The number of hydrogen-bond acceptors (Lipinski definition) is 7. The Bertz CT molecular complexity index is 941. The number of thiazole rings is 1. The molecule has 0 aliphatic rings. The standard InChI is InChI=1S/C16H21FN3O4PS2/c1-16(2,3)24-15(21)13-14(26-9-19-13)20(25-4)27(22,23)11-6-5-10(8-18)12(17)7-11/h5-7,9,25H,8,18H2,1-4H3. The van der Waals surface area contributed by atoms with Crippen molar-refractivity contribution in [3.05, 3.63) is 40.8 Å². The van der Waals surface area contributed by atoms with Crippen molar-refractivity contribution in [2.24, 2.45) is 5.73 Å². The van der Waals surface area contributed by atoms with Crippen molar-refractivity contribution in [2.45, 2.75) is 37.8 Å². The van der Waals surface area contributed by atoms with E-state index in [0.717, 1.165) is 21.5 Å². The van der Waals surface area contributed by atoms with Gasteiger partial charge in [0.25, 0.3) is 10.0 Å². The van der Waals surface area contributed by atoms with Crippen molar-refractivity contribution in [3.8, 4) is 0 Å². The van der Waals surface area contributed by atoms with E-state index >= 15 is 0 Å². The Labute approximate surface area is 163 Å². The van der Waals surface area contributed by atoms with Crippen molar-refractivity contribution in [3.63, 3.8) is 0 Å². The van der Waals surface area contributed by atoms with Crippen LogP contribution in [-0.4, -0.2) is 31.6 Å². The van der Waals surface area contributed by atoms with Gasteiger partial charge in [-0.25, -0.2) is 26.7 Å². The van der Waals surface area contributed by atoms with Crippen molar-refractivity contribution in [2.75, 3.05) is 10.7 Å². The lowest BCUT2D eigenvalue weighted by atomic mass is 10.2. The summed E-state index contributed by atoms with van der Waals surface area (Å²) in [7, 11) is -4.34. The first-order chi connectivity index (χ1) is 12.5. The minimum Gasteiger partial charge on any atom is -0.455 e. The third-order valence-corrected chi connectivity index (χ3v) is 7.81. The van der Waals surface area contributed by atoms with Crippen LogP contribution in [0.2, 0.25) is 0 Å². The van der Waals surface area contributed by atoms with Gasteiger partial charge in [-0.1, -0.05) is 6.07 Å². The molecule has 0 aliphatic carbocycles. The van der Waals surface area contributed by atoms with Gasteiger partial charge in [0.1, 0.15) is 16.4 Å². The molecule has 2 N–H and O–H groups in total. The smallest absolute Gasteiger partial charge is 0.360 e. The number of nitrogens with two attached hydrogens (primary N) is 1. The lowest BCUT2D eigenvalue weighted by molar-refractivity contribution is 0.00648. The summed E-state index contributed by atoms with van der Waals surface area (Å²) >= 11 is 0.998. The zero-order valence-electron chi connectivity index (χ0n) is 15.3. The molecule has 0 spiro atoms. The molecule has 0 saturated heterocycles. The van der Waals surface area contributed by atoms with Crippen LogP contribution in [-0.2, 0) is 21.3 Å². The van der Waals surface area contributed by atoms with E-state index in [1.165, 1.54) is 17.6 Å². The maximum absolute atomic E-state index is 14.0. The molecule has 2 aromatic rings. The number of carbonyl (C=O) groups excluding carboxylic acids is 1. The molecule has 0 bridgehead atoms. The molecule has 7 nitrogen and oxygen atoms in total. The maximum atomic E-state index is 14.0. The van der Waals surface area contributed by atoms with Crippen molar-refractivity contribution < 1.29 is 22.3 Å². The van der Waals surface area contributed by atoms with E-state index in [1.54, 1.807) is 27.4 Å². The molecular formula is C16H21FN3O4PS2. The fourth-order valence-electron chi connectivity index (χ4n) is 2.14. The molecule has 2 rings (SSSR count). The lowest BCUT2D eigenvalue weighted by Gasteiger charge is -2.23. The van der Waals surface area contributed by atoms with E-state index in [9.17, 15) is 17.6 Å². The summed E-state index contributed by atoms with van der Waals surface area (Å²) in [4.78, 5) is 16.1. The highest BCUT2D eigenvalue weighted by Gasteiger charge is 2.32. The van der Waals surface area contributed by atoms with Crippen molar-refractivity contribution in [1.29, 1.82) is 0 Å². The van der Waals surface area contributed by atoms with E-state index in [1.807, 2.05) is 0 Å². The first-order valence-electron chi connectivity index (χ1n) is 7.89. The molecule has 148 valence electrons. The summed E-state index contributed by atoms with van der Waals surface area (Å²) in [6, 6.07) is 3.56. The number of ether oxygens (including phenoxy) is 1. The molecular weight excluding hydrogens is 412 g/mol. The summed E-state index contributed by atoms with van der Waals surface area (Å²) in [6.45, 7) is 6.71. The topological polar surface area (TPSA) is 103 Å².